The second-order valence-electron chi connectivity index (χ2n) is 6.45. The van der Waals surface area contributed by atoms with Gasteiger partial charge in [-0.1, -0.05) is 12.1 Å². The minimum Gasteiger partial charge on any atom is -0.486 e. The second-order valence-corrected chi connectivity index (χ2v) is 6.45. The molecule has 8 nitrogen and oxygen atoms in total. The van der Waals surface area contributed by atoms with E-state index in [4.69, 9.17) is 9.47 Å². The summed E-state index contributed by atoms with van der Waals surface area (Å²) in [4.78, 5) is 39.4. The zero-order valence-electron chi connectivity index (χ0n) is 15.2. The number of nitrogens with one attached hydrogen (secondary N) is 2. The van der Waals surface area contributed by atoms with Gasteiger partial charge in [-0.15, -0.1) is 0 Å². The maximum atomic E-state index is 12.5. The Morgan fingerprint density at radius 2 is 2.00 bits per heavy atom. The predicted octanol–water partition coefficient (Wildman–Crippen LogP) is 1.28. The Morgan fingerprint density at radius 1 is 1.21 bits per heavy atom. The Hall–Kier alpha value is -3.55. The Labute approximate surface area is 159 Å². The van der Waals surface area contributed by atoms with Crippen molar-refractivity contribution in [2.45, 2.75) is 19.6 Å². The van der Waals surface area contributed by atoms with Crippen molar-refractivity contribution in [1.29, 1.82) is 0 Å². The second kappa shape index (κ2) is 7.22. The molecule has 1 aliphatic heterocycles. The third-order valence-electron chi connectivity index (χ3n) is 4.62. The van der Waals surface area contributed by atoms with E-state index >= 15 is 0 Å². The van der Waals surface area contributed by atoms with Crippen molar-refractivity contribution < 1.29 is 14.3 Å². The maximum Gasteiger partial charge on any atom is 0.328 e. The van der Waals surface area contributed by atoms with E-state index in [9.17, 15) is 14.4 Å². The summed E-state index contributed by atoms with van der Waals surface area (Å²) in [6.45, 7) is 2.59. The van der Waals surface area contributed by atoms with Crippen molar-refractivity contribution >= 4 is 16.8 Å². The summed E-state index contributed by atoms with van der Waals surface area (Å²) in [5.41, 5.74) is -0.198. The van der Waals surface area contributed by atoms with Crippen LogP contribution in [0, 0.1) is 0 Å². The molecule has 8 heteroatoms. The molecule has 144 valence electrons. The number of amides is 1. The highest BCUT2D eigenvalue weighted by molar-refractivity contribution is 5.97. The van der Waals surface area contributed by atoms with Crippen LogP contribution in [0.5, 0.6) is 11.5 Å². The lowest BCUT2D eigenvalue weighted by Gasteiger charge is -2.26. The van der Waals surface area contributed by atoms with Crippen LogP contribution in [-0.4, -0.2) is 34.7 Å². The van der Waals surface area contributed by atoms with E-state index in [-0.39, 0.29) is 30.7 Å². The van der Waals surface area contributed by atoms with Gasteiger partial charge in [0.1, 0.15) is 12.7 Å². The fraction of sp³-hybridized carbons (Fsp3) is 0.250. The largest absolute Gasteiger partial charge is 0.486 e. The molecule has 1 aromatic heterocycles. The number of ether oxygens (including phenoxy) is 2. The SMILES string of the molecule is CCn1c(=O)[nH]c2cc(C(=O)NCC3COc4ccccc4O3)ccc2c1=O. The Balaban J connectivity index is 1.49. The Morgan fingerprint density at radius 3 is 2.79 bits per heavy atom. The molecule has 1 amide bonds. The van der Waals surface area contributed by atoms with Crippen molar-refractivity contribution in [3.8, 4) is 11.5 Å². The van der Waals surface area contributed by atoms with Crippen LogP contribution in [0.3, 0.4) is 0 Å². The van der Waals surface area contributed by atoms with Crippen LogP contribution in [0.4, 0.5) is 0 Å². The molecule has 0 spiro atoms. The molecule has 0 bridgehead atoms. The van der Waals surface area contributed by atoms with Gasteiger partial charge in [0, 0.05) is 12.1 Å². The zero-order chi connectivity index (χ0) is 19.7. The summed E-state index contributed by atoms with van der Waals surface area (Å²) in [7, 11) is 0. The van der Waals surface area contributed by atoms with Crippen molar-refractivity contribution in [3.63, 3.8) is 0 Å². The number of hydrogen-bond donors (Lipinski definition) is 2. The average molecular weight is 381 g/mol. The van der Waals surface area contributed by atoms with E-state index < -0.39 is 5.69 Å². The molecule has 2 N–H and O–H groups in total. The molecule has 2 heterocycles. The maximum absolute atomic E-state index is 12.5. The van der Waals surface area contributed by atoms with E-state index in [0.29, 0.717) is 34.6 Å². The van der Waals surface area contributed by atoms with Gasteiger partial charge in [-0.3, -0.25) is 14.2 Å². The van der Waals surface area contributed by atoms with Gasteiger partial charge in [-0.05, 0) is 37.3 Å². The van der Waals surface area contributed by atoms with Crippen LogP contribution < -0.4 is 26.0 Å². The van der Waals surface area contributed by atoms with E-state index in [1.807, 2.05) is 24.3 Å². The first-order chi connectivity index (χ1) is 13.6. The number of carbonyl (C=O) groups is 1. The van der Waals surface area contributed by atoms with Gasteiger partial charge in [0.2, 0.25) is 0 Å². The number of hydrogen-bond acceptors (Lipinski definition) is 5. The number of aromatic nitrogens is 2. The van der Waals surface area contributed by atoms with Crippen LogP contribution in [-0.2, 0) is 6.54 Å². The molecule has 0 saturated carbocycles. The molecule has 0 fully saturated rings. The molecule has 1 unspecified atom stereocenters. The number of carbonyl (C=O) groups excluding carboxylic acids is 1. The highest BCUT2D eigenvalue weighted by Gasteiger charge is 2.21. The first-order valence-corrected chi connectivity index (χ1v) is 9.00. The summed E-state index contributed by atoms with van der Waals surface area (Å²) in [5, 5.41) is 3.16. The zero-order valence-corrected chi connectivity index (χ0v) is 15.2. The van der Waals surface area contributed by atoms with E-state index in [1.54, 1.807) is 19.1 Å². The Bertz CT molecular complexity index is 1160. The summed E-state index contributed by atoms with van der Waals surface area (Å²) >= 11 is 0. The van der Waals surface area contributed by atoms with Crippen LogP contribution in [0.1, 0.15) is 17.3 Å². The highest BCUT2D eigenvalue weighted by Crippen LogP contribution is 2.30. The molecule has 3 aromatic rings. The number of aromatic amines is 1. The standard InChI is InChI=1S/C20H19N3O5/c1-2-23-19(25)14-8-7-12(9-15(14)22-20(23)26)18(24)21-10-13-11-27-16-5-3-4-6-17(16)28-13/h3-9,13H,2,10-11H2,1H3,(H,21,24)(H,22,26). The molecule has 28 heavy (non-hydrogen) atoms. The van der Waals surface area contributed by atoms with Gasteiger partial charge in [0.15, 0.2) is 11.5 Å². The lowest BCUT2D eigenvalue weighted by atomic mass is 10.1. The number of fused-ring (bicyclic) bond motifs is 2. The highest BCUT2D eigenvalue weighted by atomic mass is 16.6. The summed E-state index contributed by atoms with van der Waals surface area (Å²) in [6, 6.07) is 12.0. The molecular weight excluding hydrogens is 362 g/mol. The quantitative estimate of drug-likeness (QED) is 0.709. The summed E-state index contributed by atoms with van der Waals surface area (Å²) < 4.78 is 12.6. The van der Waals surface area contributed by atoms with Gasteiger partial charge in [0.25, 0.3) is 11.5 Å². The average Bonchev–Trinajstić information content (AvgIpc) is 2.71. The van der Waals surface area contributed by atoms with Crippen LogP contribution in [0.25, 0.3) is 10.9 Å². The van der Waals surface area contributed by atoms with Crippen LogP contribution in [0.2, 0.25) is 0 Å². The van der Waals surface area contributed by atoms with Gasteiger partial charge in [-0.2, -0.15) is 0 Å². The lowest BCUT2D eigenvalue weighted by molar-refractivity contribution is 0.0789. The first-order valence-electron chi connectivity index (χ1n) is 9.00. The van der Waals surface area contributed by atoms with Gasteiger partial charge in [0.05, 0.1) is 17.4 Å². The third kappa shape index (κ3) is 3.24. The van der Waals surface area contributed by atoms with Gasteiger partial charge in [-0.25, -0.2) is 4.79 Å². The fourth-order valence-electron chi connectivity index (χ4n) is 3.16. The predicted molar refractivity (Wildman–Crippen MR) is 103 cm³/mol. The number of rotatable bonds is 4. The minimum atomic E-state index is -0.496. The normalized spacial score (nSPS) is 15.4. The molecule has 0 radical (unpaired) electrons. The van der Waals surface area contributed by atoms with Crippen molar-refractivity contribution in [2.75, 3.05) is 13.2 Å². The van der Waals surface area contributed by atoms with Crippen LogP contribution >= 0.6 is 0 Å². The minimum absolute atomic E-state index is 0.263. The Kier molecular flexibility index (Phi) is 4.60. The van der Waals surface area contributed by atoms with E-state index in [2.05, 4.69) is 10.3 Å². The van der Waals surface area contributed by atoms with E-state index in [1.165, 1.54) is 6.07 Å². The number of nitrogens with zero attached hydrogens (tertiary/aromatic N) is 1. The summed E-state index contributed by atoms with van der Waals surface area (Å²) in [6.07, 6.45) is -0.309. The van der Waals surface area contributed by atoms with Gasteiger partial charge >= 0.3 is 5.69 Å². The molecule has 2 aromatic carbocycles. The number of benzene rings is 2. The summed E-state index contributed by atoms with van der Waals surface area (Å²) in [5.74, 6) is 0.995. The van der Waals surface area contributed by atoms with E-state index in [0.717, 1.165) is 4.57 Å². The molecule has 1 atom stereocenters. The monoisotopic (exact) mass is 381 g/mol. The van der Waals surface area contributed by atoms with Crippen molar-refractivity contribution in [3.05, 3.63) is 68.9 Å². The van der Waals surface area contributed by atoms with Gasteiger partial charge < -0.3 is 19.8 Å². The molecule has 0 aliphatic carbocycles. The van der Waals surface area contributed by atoms with Crippen molar-refractivity contribution in [2.24, 2.45) is 0 Å². The number of H-pyrrole nitrogens is 1. The molecule has 1 aliphatic rings. The smallest absolute Gasteiger partial charge is 0.328 e. The first kappa shape index (κ1) is 17.8. The van der Waals surface area contributed by atoms with Crippen molar-refractivity contribution in [1.82, 2.24) is 14.9 Å². The number of para-hydroxylation sites is 2. The molecule has 0 saturated heterocycles. The third-order valence-corrected chi connectivity index (χ3v) is 4.62. The fourth-order valence-corrected chi connectivity index (χ4v) is 3.16. The van der Waals surface area contributed by atoms with Crippen LogP contribution in [0.15, 0.2) is 52.1 Å². The topological polar surface area (TPSA) is 102 Å². The molecular formula is C20H19N3O5. The molecule has 4 rings (SSSR count). The lowest BCUT2D eigenvalue weighted by Crippen LogP contribution is -2.40.